The van der Waals surface area contributed by atoms with Crippen LogP contribution in [0, 0.1) is 22.5 Å². The van der Waals surface area contributed by atoms with Crippen LogP contribution in [0.3, 0.4) is 0 Å². The topological polar surface area (TPSA) is 75.4 Å². The number of nitro groups is 1. The van der Waals surface area contributed by atoms with E-state index >= 15 is 0 Å². The molecule has 0 amide bonds. The summed E-state index contributed by atoms with van der Waals surface area (Å²) >= 11 is 0. The van der Waals surface area contributed by atoms with Gasteiger partial charge in [-0.05, 0) is 32.3 Å². The lowest BCUT2D eigenvalue weighted by molar-refractivity contribution is -0.385. The number of hydrogen-bond acceptors (Lipinski definition) is 4. The number of aliphatic hydroxyl groups is 1. The Hall–Kier alpha value is -1.46. The fraction of sp³-hybridized carbons (Fsp3) is 0.625. The van der Waals surface area contributed by atoms with Gasteiger partial charge in [0.25, 0.3) is 5.69 Å². The van der Waals surface area contributed by atoms with Crippen LogP contribution >= 0.6 is 0 Å². The van der Waals surface area contributed by atoms with E-state index in [1.807, 2.05) is 13.0 Å². The van der Waals surface area contributed by atoms with E-state index in [4.69, 9.17) is 0 Å². The van der Waals surface area contributed by atoms with Crippen LogP contribution in [0.25, 0.3) is 0 Å². The molecule has 2 rings (SSSR count). The van der Waals surface area contributed by atoms with E-state index in [1.54, 1.807) is 19.1 Å². The molecule has 2 N–H and O–H groups in total. The molecule has 0 bridgehead atoms. The van der Waals surface area contributed by atoms with Gasteiger partial charge in [-0.1, -0.05) is 25.0 Å². The average molecular weight is 292 g/mol. The Kier molecular flexibility index (Phi) is 4.96. The Labute approximate surface area is 125 Å². The summed E-state index contributed by atoms with van der Waals surface area (Å²) in [7, 11) is 0. The molecule has 0 aliphatic heterocycles. The number of benzene rings is 1. The van der Waals surface area contributed by atoms with Crippen LogP contribution in [-0.4, -0.2) is 23.2 Å². The number of nitro benzene ring substituents is 1. The minimum atomic E-state index is -0.336. The van der Waals surface area contributed by atoms with Gasteiger partial charge in [0, 0.05) is 36.2 Å². The zero-order valence-corrected chi connectivity index (χ0v) is 12.8. The second-order valence-electron chi connectivity index (χ2n) is 6.27. The van der Waals surface area contributed by atoms with Crippen LogP contribution in [0.2, 0.25) is 0 Å². The van der Waals surface area contributed by atoms with E-state index in [0.29, 0.717) is 5.56 Å². The summed E-state index contributed by atoms with van der Waals surface area (Å²) < 4.78 is 0. The highest BCUT2D eigenvalue weighted by atomic mass is 16.6. The molecular formula is C16H24N2O3. The summed E-state index contributed by atoms with van der Waals surface area (Å²) in [4.78, 5) is 10.7. The smallest absolute Gasteiger partial charge is 0.272 e. The largest absolute Gasteiger partial charge is 0.396 e. The van der Waals surface area contributed by atoms with Crippen molar-refractivity contribution in [2.45, 2.75) is 45.6 Å². The van der Waals surface area contributed by atoms with Gasteiger partial charge in [0.15, 0.2) is 0 Å². The molecule has 1 unspecified atom stereocenters. The van der Waals surface area contributed by atoms with Crippen molar-refractivity contribution in [2.75, 3.05) is 13.2 Å². The maximum atomic E-state index is 11.0. The first-order valence-electron chi connectivity index (χ1n) is 7.57. The van der Waals surface area contributed by atoms with Crippen molar-refractivity contribution in [1.82, 2.24) is 5.32 Å². The molecule has 1 fully saturated rings. The van der Waals surface area contributed by atoms with E-state index in [9.17, 15) is 15.2 Å². The first-order chi connectivity index (χ1) is 9.97. The lowest BCUT2D eigenvalue weighted by atomic mass is 9.87. The number of rotatable bonds is 6. The highest BCUT2D eigenvalue weighted by Crippen LogP contribution is 2.37. The van der Waals surface area contributed by atoms with Crippen LogP contribution in [0.5, 0.6) is 0 Å². The zero-order valence-electron chi connectivity index (χ0n) is 12.8. The van der Waals surface area contributed by atoms with Crippen molar-refractivity contribution >= 4 is 5.69 Å². The highest BCUT2D eigenvalue weighted by molar-refractivity contribution is 5.43. The van der Waals surface area contributed by atoms with E-state index in [1.165, 1.54) is 12.8 Å². The summed E-state index contributed by atoms with van der Waals surface area (Å²) in [6, 6.07) is 5.41. The van der Waals surface area contributed by atoms with Gasteiger partial charge in [0.05, 0.1) is 4.92 Å². The van der Waals surface area contributed by atoms with Crippen molar-refractivity contribution < 1.29 is 10.0 Å². The Morgan fingerprint density at radius 1 is 1.43 bits per heavy atom. The SMILES string of the molecule is Cc1ccc(C(C)NCC2(CO)CCCC2)cc1[N+](=O)[O-]. The third-order valence-electron chi connectivity index (χ3n) is 4.71. The standard InChI is InChI=1S/C16H24N2O3/c1-12-5-6-14(9-15(12)18(20)21)13(2)17-10-16(11-19)7-3-4-8-16/h5-6,9,13,17,19H,3-4,7-8,10-11H2,1-2H3. The van der Waals surface area contributed by atoms with Gasteiger partial charge in [-0.2, -0.15) is 0 Å². The van der Waals surface area contributed by atoms with Crippen molar-refractivity contribution in [3.63, 3.8) is 0 Å². The first-order valence-corrected chi connectivity index (χ1v) is 7.57. The van der Waals surface area contributed by atoms with Crippen molar-refractivity contribution in [1.29, 1.82) is 0 Å². The van der Waals surface area contributed by atoms with Gasteiger partial charge in [-0.3, -0.25) is 10.1 Å². The van der Waals surface area contributed by atoms with E-state index < -0.39 is 0 Å². The molecule has 1 aliphatic rings. The van der Waals surface area contributed by atoms with Gasteiger partial charge in [0.2, 0.25) is 0 Å². The third kappa shape index (κ3) is 3.60. The first kappa shape index (κ1) is 15.9. The Morgan fingerprint density at radius 3 is 2.67 bits per heavy atom. The van der Waals surface area contributed by atoms with Gasteiger partial charge in [0.1, 0.15) is 0 Å². The molecular weight excluding hydrogens is 268 g/mol. The summed E-state index contributed by atoms with van der Waals surface area (Å²) in [6.45, 7) is 4.72. The maximum absolute atomic E-state index is 11.0. The molecule has 0 radical (unpaired) electrons. The van der Waals surface area contributed by atoms with Gasteiger partial charge >= 0.3 is 0 Å². The number of aliphatic hydroxyl groups excluding tert-OH is 1. The summed E-state index contributed by atoms with van der Waals surface area (Å²) in [6.07, 6.45) is 4.45. The van der Waals surface area contributed by atoms with Crippen molar-refractivity contribution in [3.8, 4) is 0 Å². The zero-order chi connectivity index (χ0) is 15.5. The van der Waals surface area contributed by atoms with Gasteiger partial charge in [-0.15, -0.1) is 0 Å². The Bertz CT molecular complexity index is 510. The molecule has 1 saturated carbocycles. The van der Waals surface area contributed by atoms with Crippen molar-refractivity contribution in [2.24, 2.45) is 5.41 Å². The normalized spacial score (nSPS) is 18.6. The van der Waals surface area contributed by atoms with Gasteiger partial charge in [-0.25, -0.2) is 0 Å². The van der Waals surface area contributed by atoms with Crippen molar-refractivity contribution in [3.05, 3.63) is 39.4 Å². The molecule has 0 spiro atoms. The number of nitrogens with one attached hydrogen (secondary N) is 1. The number of hydrogen-bond donors (Lipinski definition) is 2. The van der Waals surface area contributed by atoms with Crippen LogP contribution in [-0.2, 0) is 0 Å². The molecule has 5 nitrogen and oxygen atoms in total. The number of aryl methyl sites for hydroxylation is 1. The predicted octanol–water partition coefficient (Wildman–Crippen LogP) is 3.11. The second-order valence-corrected chi connectivity index (χ2v) is 6.27. The Morgan fingerprint density at radius 2 is 2.10 bits per heavy atom. The summed E-state index contributed by atoms with van der Waals surface area (Å²) in [5.74, 6) is 0. The molecule has 21 heavy (non-hydrogen) atoms. The quantitative estimate of drug-likeness (QED) is 0.624. The summed E-state index contributed by atoms with van der Waals surface area (Å²) in [5, 5.41) is 24.1. The van der Waals surface area contributed by atoms with Gasteiger partial charge < -0.3 is 10.4 Å². The molecule has 116 valence electrons. The van der Waals surface area contributed by atoms with Crippen LogP contribution in [0.1, 0.15) is 49.8 Å². The van der Waals surface area contributed by atoms with E-state index in [-0.39, 0.29) is 28.7 Å². The fourth-order valence-electron chi connectivity index (χ4n) is 3.10. The minimum absolute atomic E-state index is 0.00904. The molecule has 1 aliphatic carbocycles. The maximum Gasteiger partial charge on any atom is 0.272 e. The molecule has 0 heterocycles. The molecule has 1 aromatic rings. The lowest BCUT2D eigenvalue weighted by Gasteiger charge is -2.29. The molecule has 5 heteroatoms. The van der Waals surface area contributed by atoms with Crippen LogP contribution < -0.4 is 5.32 Å². The summed E-state index contributed by atoms with van der Waals surface area (Å²) in [5.41, 5.74) is 1.75. The molecule has 1 atom stereocenters. The predicted molar refractivity (Wildman–Crippen MR) is 82.2 cm³/mol. The molecule has 0 aromatic heterocycles. The van der Waals surface area contributed by atoms with Crippen LogP contribution in [0.15, 0.2) is 18.2 Å². The molecule has 0 saturated heterocycles. The van der Waals surface area contributed by atoms with E-state index in [2.05, 4.69) is 5.32 Å². The second kappa shape index (κ2) is 6.54. The number of nitrogens with zero attached hydrogens (tertiary/aromatic N) is 1. The third-order valence-corrected chi connectivity index (χ3v) is 4.71. The average Bonchev–Trinajstić information content (AvgIpc) is 2.94. The fourth-order valence-corrected chi connectivity index (χ4v) is 3.10. The Balaban J connectivity index is 2.05. The monoisotopic (exact) mass is 292 g/mol. The lowest BCUT2D eigenvalue weighted by Crippen LogP contribution is -2.36. The minimum Gasteiger partial charge on any atom is -0.396 e. The van der Waals surface area contributed by atoms with Crippen LogP contribution in [0.4, 0.5) is 5.69 Å². The van der Waals surface area contributed by atoms with E-state index in [0.717, 1.165) is 24.9 Å². The molecule has 1 aromatic carbocycles. The highest BCUT2D eigenvalue weighted by Gasteiger charge is 2.33.